The van der Waals surface area contributed by atoms with Gasteiger partial charge in [0.25, 0.3) is 0 Å². The lowest BCUT2D eigenvalue weighted by molar-refractivity contribution is -0.116. The summed E-state index contributed by atoms with van der Waals surface area (Å²) in [6.07, 6.45) is 0.329. The second-order valence-electron chi connectivity index (χ2n) is 4.25. The maximum atomic E-state index is 11.8. The van der Waals surface area contributed by atoms with Crippen molar-refractivity contribution in [2.45, 2.75) is 27.2 Å². The van der Waals surface area contributed by atoms with E-state index in [1.54, 1.807) is 6.07 Å². The Kier molecular flexibility index (Phi) is 10.6. The van der Waals surface area contributed by atoms with Crippen molar-refractivity contribution in [3.63, 3.8) is 0 Å². The van der Waals surface area contributed by atoms with Crippen LogP contribution in [0, 0.1) is 6.92 Å². The monoisotopic (exact) mass is 405 g/mol. The van der Waals surface area contributed by atoms with Gasteiger partial charge in [0.05, 0.1) is 6.54 Å². The van der Waals surface area contributed by atoms with E-state index in [1.165, 1.54) is 0 Å². The minimum atomic E-state index is -0.0841. The lowest BCUT2D eigenvalue weighted by Crippen LogP contribution is -2.37. The molecule has 0 aromatic carbocycles. The van der Waals surface area contributed by atoms with Gasteiger partial charge in [-0.2, -0.15) is 0 Å². The zero-order valence-electron chi connectivity index (χ0n) is 12.8. The number of nitrogens with zero attached hydrogens (tertiary/aromatic N) is 2. The molecule has 21 heavy (non-hydrogen) atoms. The number of pyridine rings is 1. The van der Waals surface area contributed by atoms with Crippen LogP contribution in [-0.4, -0.2) is 36.5 Å². The molecule has 3 N–H and O–H groups in total. The van der Waals surface area contributed by atoms with Crippen molar-refractivity contribution in [3.05, 3.63) is 23.9 Å². The number of rotatable bonds is 6. The van der Waals surface area contributed by atoms with E-state index >= 15 is 0 Å². The van der Waals surface area contributed by atoms with E-state index in [0.717, 1.165) is 24.7 Å². The number of amides is 1. The van der Waals surface area contributed by atoms with Crippen LogP contribution in [0.1, 0.15) is 26.0 Å². The van der Waals surface area contributed by atoms with Crippen LogP contribution in [0.5, 0.6) is 0 Å². The molecule has 7 heteroatoms. The highest BCUT2D eigenvalue weighted by Gasteiger charge is 2.03. The number of anilines is 1. The van der Waals surface area contributed by atoms with Crippen molar-refractivity contribution in [2.75, 3.05) is 25.0 Å². The second-order valence-corrected chi connectivity index (χ2v) is 4.25. The van der Waals surface area contributed by atoms with E-state index in [9.17, 15) is 4.79 Å². The van der Waals surface area contributed by atoms with Crippen molar-refractivity contribution >= 4 is 41.7 Å². The number of guanidine groups is 1. The predicted octanol–water partition coefficient (Wildman–Crippen LogP) is 1.91. The molecule has 1 aromatic heterocycles. The van der Waals surface area contributed by atoms with E-state index in [2.05, 4.69) is 25.9 Å². The smallest absolute Gasteiger partial charge is 0.227 e. The topological polar surface area (TPSA) is 78.4 Å². The van der Waals surface area contributed by atoms with Crippen molar-refractivity contribution in [1.82, 2.24) is 15.6 Å². The van der Waals surface area contributed by atoms with Crippen LogP contribution < -0.4 is 16.0 Å². The molecule has 6 nitrogen and oxygen atoms in total. The average molecular weight is 405 g/mol. The largest absolute Gasteiger partial charge is 0.357 e. The summed E-state index contributed by atoms with van der Waals surface area (Å²) in [5.74, 6) is 1.23. The Morgan fingerprint density at radius 2 is 1.90 bits per heavy atom. The molecule has 1 amide bonds. The Labute approximate surface area is 143 Å². The van der Waals surface area contributed by atoms with Gasteiger partial charge in [0.2, 0.25) is 5.91 Å². The van der Waals surface area contributed by atoms with Crippen molar-refractivity contribution < 1.29 is 4.79 Å². The number of hydrogen-bond acceptors (Lipinski definition) is 3. The number of aliphatic imine (C=N–C) groups is 1. The van der Waals surface area contributed by atoms with E-state index in [4.69, 9.17) is 0 Å². The first-order chi connectivity index (χ1) is 9.65. The zero-order valence-corrected chi connectivity index (χ0v) is 15.1. The van der Waals surface area contributed by atoms with Gasteiger partial charge in [-0.1, -0.05) is 6.07 Å². The van der Waals surface area contributed by atoms with Gasteiger partial charge in [-0.05, 0) is 32.9 Å². The molecule has 0 spiro atoms. The molecule has 0 atom stereocenters. The summed E-state index contributed by atoms with van der Waals surface area (Å²) in [4.78, 5) is 20.3. The average Bonchev–Trinajstić information content (AvgIpc) is 2.39. The van der Waals surface area contributed by atoms with Crippen molar-refractivity contribution in [2.24, 2.45) is 4.99 Å². The molecule has 1 rings (SSSR count). The molecule has 0 bridgehead atoms. The fourth-order valence-corrected chi connectivity index (χ4v) is 1.60. The van der Waals surface area contributed by atoms with Gasteiger partial charge >= 0.3 is 0 Å². The number of aromatic nitrogens is 1. The molecule has 0 aliphatic rings. The summed E-state index contributed by atoms with van der Waals surface area (Å²) in [6.45, 7) is 7.93. The predicted molar refractivity (Wildman–Crippen MR) is 97.3 cm³/mol. The third-order valence-corrected chi connectivity index (χ3v) is 2.45. The molecule has 1 aromatic rings. The van der Waals surface area contributed by atoms with Gasteiger partial charge < -0.3 is 16.0 Å². The second kappa shape index (κ2) is 11.3. The lowest BCUT2D eigenvalue weighted by atomic mass is 10.3. The van der Waals surface area contributed by atoms with Crippen LogP contribution >= 0.6 is 24.0 Å². The van der Waals surface area contributed by atoms with Gasteiger partial charge in [-0.3, -0.25) is 9.79 Å². The number of aryl methyl sites for hydroxylation is 1. The van der Waals surface area contributed by atoms with Crippen molar-refractivity contribution in [3.8, 4) is 0 Å². The summed E-state index contributed by atoms with van der Waals surface area (Å²) < 4.78 is 0. The van der Waals surface area contributed by atoms with Crippen LogP contribution in [0.3, 0.4) is 0 Å². The molecule has 0 aliphatic carbocycles. The first-order valence-corrected chi connectivity index (χ1v) is 6.91. The van der Waals surface area contributed by atoms with Crippen LogP contribution in [0.15, 0.2) is 23.2 Å². The number of nitrogens with one attached hydrogen (secondary N) is 3. The standard InChI is InChI=1S/C14H23N5O.HI/c1-4-15-14(16-5-2)17-10-9-13(20)19-12-8-6-7-11(3)18-12;/h6-8H,4-5,9-10H2,1-3H3,(H2,15,16,17)(H,18,19,20);1H. The van der Waals surface area contributed by atoms with Gasteiger partial charge in [0.15, 0.2) is 5.96 Å². The summed E-state index contributed by atoms with van der Waals surface area (Å²) >= 11 is 0. The summed E-state index contributed by atoms with van der Waals surface area (Å²) in [5, 5.41) is 8.98. The van der Waals surface area contributed by atoms with Crippen LogP contribution in [0.4, 0.5) is 5.82 Å². The Morgan fingerprint density at radius 3 is 2.48 bits per heavy atom. The highest BCUT2D eigenvalue weighted by Crippen LogP contribution is 2.04. The molecule has 0 saturated carbocycles. The quantitative estimate of drug-likeness (QED) is 0.384. The molecule has 1 heterocycles. The molecule has 0 saturated heterocycles. The highest BCUT2D eigenvalue weighted by atomic mass is 127. The Balaban J connectivity index is 0.00000400. The minimum Gasteiger partial charge on any atom is -0.357 e. The normalized spacial score (nSPS) is 9.29. The summed E-state index contributed by atoms with van der Waals surface area (Å²) in [6, 6.07) is 5.53. The Hall–Kier alpha value is -1.38. The molecule has 0 unspecified atom stereocenters. The van der Waals surface area contributed by atoms with Crippen LogP contribution in [-0.2, 0) is 4.79 Å². The number of hydrogen-bond donors (Lipinski definition) is 3. The fraction of sp³-hybridized carbons (Fsp3) is 0.500. The molecule has 0 fully saturated rings. The maximum Gasteiger partial charge on any atom is 0.227 e. The van der Waals surface area contributed by atoms with Gasteiger partial charge in [0, 0.05) is 25.2 Å². The number of carbonyl (C=O) groups excluding carboxylic acids is 1. The minimum absolute atomic E-state index is 0. The van der Waals surface area contributed by atoms with E-state index < -0.39 is 0 Å². The SMILES string of the molecule is CCNC(=NCCC(=O)Nc1cccc(C)n1)NCC.I. The van der Waals surface area contributed by atoms with E-state index in [0.29, 0.717) is 18.8 Å². The lowest BCUT2D eigenvalue weighted by Gasteiger charge is -2.09. The number of halogens is 1. The van der Waals surface area contributed by atoms with Crippen LogP contribution in [0.2, 0.25) is 0 Å². The van der Waals surface area contributed by atoms with Gasteiger partial charge in [-0.15, -0.1) is 24.0 Å². The molecule has 0 radical (unpaired) electrons. The summed E-state index contributed by atoms with van der Waals surface area (Å²) in [5.41, 5.74) is 0.877. The zero-order chi connectivity index (χ0) is 14.8. The van der Waals surface area contributed by atoms with Gasteiger partial charge in [0.1, 0.15) is 5.82 Å². The molecular formula is C14H24IN5O. The van der Waals surface area contributed by atoms with Gasteiger partial charge in [-0.25, -0.2) is 4.98 Å². The van der Waals surface area contributed by atoms with E-state index in [-0.39, 0.29) is 29.9 Å². The fourth-order valence-electron chi connectivity index (χ4n) is 1.60. The van der Waals surface area contributed by atoms with E-state index in [1.807, 2.05) is 32.9 Å². The molecular weight excluding hydrogens is 381 g/mol. The third-order valence-electron chi connectivity index (χ3n) is 2.45. The van der Waals surface area contributed by atoms with Crippen molar-refractivity contribution in [1.29, 1.82) is 0 Å². The molecule has 0 aliphatic heterocycles. The summed E-state index contributed by atoms with van der Waals surface area (Å²) in [7, 11) is 0. The maximum absolute atomic E-state index is 11.8. The number of carbonyl (C=O) groups is 1. The Morgan fingerprint density at radius 1 is 1.24 bits per heavy atom. The third kappa shape index (κ3) is 8.49. The molecule has 118 valence electrons. The highest BCUT2D eigenvalue weighted by molar-refractivity contribution is 14.0. The van der Waals surface area contributed by atoms with Crippen LogP contribution in [0.25, 0.3) is 0 Å². The first-order valence-electron chi connectivity index (χ1n) is 6.91. The Bertz CT molecular complexity index is 456. The first kappa shape index (κ1) is 19.6.